The zero-order valence-corrected chi connectivity index (χ0v) is 13.0. The van der Waals surface area contributed by atoms with E-state index in [0.717, 1.165) is 42.0 Å². The zero-order valence-electron chi connectivity index (χ0n) is 13.0. The van der Waals surface area contributed by atoms with Crippen LogP contribution in [0.1, 0.15) is 43.4 Å². The highest BCUT2D eigenvalue weighted by Crippen LogP contribution is 2.43. The fraction of sp³-hybridized carbons (Fsp3) is 0.389. The normalized spacial score (nSPS) is 20.6. The Hall–Kier alpha value is -2.23. The average Bonchev–Trinajstić information content (AvgIpc) is 2.93. The van der Waals surface area contributed by atoms with E-state index < -0.39 is 0 Å². The fourth-order valence-corrected chi connectivity index (χ4v) is 3.74. The lowest BCUT2D eigenvalue weighted by Crippen LogP contribution is -2.38. The van der Waals surface area contributed by atoms with Gasteiger partial charge in [0.05, 0.1) is 18.5 Å². The maximum atomic E-state index is 12.3. The van der Waals surface area contributed by atoms with Crippen molar-refractivity contribution in [2.75, 3.05) is 13.7 Å². The Balaban J connectivity index is 1.98. The van der Waals surface area contributed by atoms with Crippen LogP contribution in [0.15, 0.2) is 24.3 Å². The maximum Gasteiger partial charge on any atom is 0.227 e. The third-order valence-corrected chi connectivity index (χ3v) is 4.89. The number of nitrogens with zero attached hydrogens (tertiary/aromatic N) is 1. The van der Waals surface area contributed by atoms with E-state index in [9.17, 15) is 4.79 Å². The minimum Gasteiger partial charge on any atom is -0.497 e. The van der Waals surface area contributed by atoms with Crippen LogP contribution < -0.4 is 4.74 Å². The van der Waals surface area contributed by atoms with Crippen molar-refractivity contribution in [2.45, 2.75) is 32.1 Å². The van der Waals surface area contributed by atoms with Crippen LogP contribution in [0.5, 0.6) is 5.75 Å². The van der Waals surface area contributed by atoms with Gasteiger partial charge in [0.2, 0.25) is 5.91 Å². The van der Waals surface area contributed by atoms with E-state index in [4.69, 9.17) is 4.74 Å². The van der Waals surface area contributed by atoms with E-state index >= 15 is 0 Å². The van der Waals surface area contributed by atoms with Crippen LogP contribution in [0.4, 0.5) is 0 Å². The highest BCUT2D eigenvalue weighted by molar-refractivity contribution is 5.96. The Morgan fingerprint density at radius 1 is 1.41 bits per heavy atom. The van der Waals surface area contributed by atoms with Crippen LogP contribution in [0, 0.1) is 0 Å². The molecular weight excluding hydrogens is 276 g/mol. The summed E-state index contributed by atoms with van der Waals surface area (Å²) in [5, 5.41) is 1.22. The van der Waals surface area contributed by atoms with Crippen molar-refractivity contribution < 1.29 is 9.53 Å². The largest absolute Gasteiger partial charge is 0.497 e. The third kappa shape index (κ3) is 1.79. The molecule has 0 fully saturated rings. The van der Waals surface area contributed by atoms with Gasteiger partial charge in [-0.25, -0.2) is 0 Å². The van der Waals surface area contributed by atoms with Gasteiger partial charge in [0.15, 0.2) is 0 Å². The Labute approximate surface area is 129 Å². The number of hydrogen-bond donors (Lipinski definition) is 1. The van der Waals surface area contributed by atoms with Crippen LogP contribution in [0.25, 0.3) is 16.6 Å². The van der Waals surface area contributed by atoms with Gasteiger partial charge in [-0.15, -0.1) is 0 Å². The zero-order chi connectivity index (χ0) is 15.3. The first-order valence-electron chi connectivity index (χ1n) is 7.93. The summed E-state index contributed by atoms with van der Waals surface area (Å²) in [6.45, 7) is 2.98. The lowest BCUT2D eigenvalue weighted by Gasteiger charge is -2.37. The summed E-state index contributed by atoms with van der Waals surface area (Å²) in [6.07, 6.45) is 4.68. The first-order chi connectivity index (χ1) is 10.7. The Morgan fingerprint density at radius 2 is 2.27 bits per heavy atom. The fourth-order valence-electron chi connectivity index (χ4n) is 3.74. The van der Waals surface area contributed by atoms with E-state index in [0.29, 0.717) is 12.3 Å². The summed E-state index contributed by atoms with van der Waals surface area (Å²) in [5.41, 5.74) is 4.64. The minimum absolute atomic E-state index is 0.248. The van der Waals surface area contributed by atoms with Gasteiger partial charge >= 0.3 is 0 Å². The molecule has 0 aliphatic carbocycles. The number of fused-ring (bicyclic) bond motifs is 5. The molecule has 4 nitrogen and oxygen atoms in total. The first-order valence-corrected chi connectivity index (χ1v) is 7.93. The van der Waals surface area contributed by atoms with Gasteiger partial charge < -0.3 is 14.6 Å². The smallest absolute Gasteiger partial charge is 0.227 e. The molecule has 2 aliphatic rings. The predicted molar refractivity (Wildman–Crippen MR) is 86.8 cm³/mol. The number of allylic oxidation sites excluding steroid dienone is 1. The number of hydrogen-bond acceptors (Lipinski definition) is 2. The second kappa shape index (κ2) is 4.90. The molecule has 1 amide bonds. The van der Waals surface area contributed by atoms with Crippen LogP contribution in [0.3, 0.4) is 0 Å². The first kappa shape index (κ1) is 13.4. The summed E-state index contributed by atoms with van der Waals surface area (Å²) < 4.78 is 5.38. The molecule has 0 radical (unpaired) electrons. The molecule has 2 aliphatic heterocycles. The van der Waals surface area contributed by atoms with Crippen molar-refractivity contribution in [3.8, 4) is 5.75 Å². The Morgan fingerprint density at radius 3 is 3.05 bits per heavy atom. The van der Waals surface area contributed by atoms with Gasteiger partial charge in [-0.05, 0) is 36.6 Å². The molecule has 0 spiro atoms. The third-order valence-electron chi connectivity index (χ3n) is 4.89. The summed E-state index contributed by atoms with van der Waals surface area (Å²) in [4.78, 5) is 17.8. The number of carbonyl (C=O) groups excluding carboxylic acids is 1. The number of aromatic amines is 1. The molecule has 4 heteroatoms. The van der Waals surface area contributed by atoms with Crippen molar-refractivity contribution in [1.29, 1.82) is 0 Å². The van der Waals surface area contributed by atoms with Crippen molar-refractivity contribution in [3.05, 3.63) is 35.5 Å². The van der Waals surface area contributed by atoms with Crippen molar-refractivity contribution in [2.24, 2.45) is 0 Å². The van der Waals surface area contributed by atoms with Gasteiger partial charge in [0, 0.05) is 29.8 Å². The number of ether oxygens (including phenoxy) is 1. The van der Waals surface area contributed by atoms with Crippen molar-refractivity contribution in [1.82, 2.24) is 9.88 Å². The predicted octanol–water partition coefficient (Wildman–Crippen LogP) is 3.65. The molecule has 22 heavy (non-hydrogen) atoms. The lowest BCUT2D eigenvalue weighted by atomic mass is 9.87. The molecule has 3 heterocycles. The quantitative estimate of drug-likeness (QED) is 0.919. The molecular formula is C18H20N2O2. The Bertz CT molecular complexity index is 788. The minimum atomic E-state index is 0.248. The molecule has 1 unspecified atom stereocenters. The van der Waals surface area contributed by atoms with E-state index in [1.54, 1.807) is 7.11 Å². The molecule has 4 rings (SSSR count). The summed E-state index contributed by atoms with van der Waals surface area (Å²) in [5.74, 6) is 1.49. The van der Waals surface area contributed by atoms with Gasteiger partial charge in [-0.3, -0.25) is 4.79 Å². The second-order valence-corrected chi connectivity index (χ2v) is 6.06. The van der Waals surface area contributed by atoms with E-state index in [2.05, 4.69) is 30.1 Å². The maximum absolute atomic E-state index is 12.3. The molecule has 2 aromatic rings. The second-order valence-electron chi connectivity index (χ2n) is 6.06. The van der Waals surface area contributed by atoms with Crippen LogP contribution in [-0.2, 0) is 4.79 Å². The topological polar surface area (TPSA) is 45.3 Å². The number of amides is 1. The molecule has 114 valence electrons. The number of aromatic nitrogens is 1. The number of H-pyrrole nitrogens is 1. The van der Waals surface area contributed by atoms with Crippen LogP contribution in [-0.4, -0.2) is 29.4 Å². The number of benzene rings is 1. The van der Waals surface area contributed by atoms with Crippen LogP contribution >= 0.6 is 0 Å². The molecule has 0 saturated heterocycles. The molecule has 1 aromatic carbocycles. The van der Waals surface area contributed by atoms with Gasteiger partial charge in [0.25, 0.3) is 0 Å². The average molecular weight is 296 g/mol. The molecule has 1 aromatic heterocycles. The molecule has 0 saturated carbocycles. The van der Waals surface area contributed by atoms with Gasteiger partial charge in [0.1, 0.15) is 5.75 Å². The molecule has 0 bridgehead atoms. The van der Waals surface area contributed by atoms with Gasteiger partial charge in [-0.2, -0.15) is 0 Å². The van der Waals surface area contributed by atoms with E-state index in [1.807, 2.05) is 11.0 Å². The van der Waals surface area contributed by atoms with E-state index in [-0.39, 0.29) is 5.91 Å². The number of carbonyl (C=O) groups is 1. The summed E-state index contributed by atoms with van der Waals surface area (Å²) >= 11 is 0. The summed E-state index contributed by atoms with van der Waals surface area (Å²) in [7, 11) is 1.70. The standard InChI is InChI=1S/C18H20N2O2/c1-3-11-10-20-15(5-4-6-16(20)21)18-17(11)13-9-12(22-2)7-8-14(13)19-18/h5,7-9,11,19H,3-4,6,10H2,1-2H3. The van der Waals surface area contributed by atoms with Gasteiger partial charge in [-0.1, -0.05) is 13.0 Å². The van der Waals surface area contributed by atoms with Crippen molar-refractivity contribution in [3.63, 3.8) is 0 Å². The lowest BCUT2D eigenvalue weighted by molar-refractivity contribution is -0.128. The molecule has 1 atom stereocenters. The Kier molecular flexibility index (Phi) is 2.99. The number of rotatable bonds is 2. The number of nitrogens with one attached hydrogen (secondary N) is 1. The van der Waals surface area contributed by atoms with Crippen LogP contribution in [0.2, 0.25) is 0 Å². The van der Waals surface area contributed by atoms with Crippen molar-refractivity contribution >= 4 is 22.5 Å². The number of methoxy groups -OCH3 is 1. The highest BCUT2D eigenvalue weighted by Gasteiger charge is 2.35. The highest BCUT2D eigenvalue weighted by atomic mass is 16.5. The summed E-state index contributed by atoms with van der Waals surface area (Å²) in [6, 6.07) is 6.15. The van der Waals surface area contributed by atoms with E-state index in [1.165, 1.54) is 10.9 Å². The molecule has 1 N–H and O–H groups in total. The monoisotopic (exact) mass is 296 g/mol. The SMILES string of the molecule is CCC1CN2C(=O)CCC=C2c2[nH]c3ccc(OC)cc3c21.